The molecule has 0 aliphatic carbocycles. The Morgan fingerprint density at radius 3 is 2.68 bits per heavy atom. The second-order valence-corrected chi connectivity index (χ2v) is 3.90. The molecule has 1 atom stereocenters. The molecule has 6 heteroatoms. The van der Waals surface area contributed by atoms with Crippen molar-refractivity contribution in [2.24, 2.45) is 0 Å². The minimum Gasteiger partial charge on any atom is -0.493 e. The first-order valence-electron chi connectivity index (χ1n) is 5.99. The molecule has 0 heterocycles. The maximum Gasteiger partial charge on any atom is 0.324 e. The summed E-state index contributed by atoms with van der Waals surface area (Å²) in [7, 11) is 1.49. The molecular weight excluding hydrogens is 250 g/mol. The summed E-state index contributed by atoms with van der Waals surface area (Å²) in [5.41, 5.74) is 0.700. The molecule has 1 aromatic rings. The summed E-state index contributed by atoms with van der Waals surface area (Å²) < 4.78 is 10.6. The van der Waals surface area contributed by atoms with Gasteiger partial charge in [0.1, 0.15) is 12.6 Å². The van der Waals surface area contributed by atoms with Gasteiger partial charge in [-0.05, 0) is 24.2 Å². The third-order valence-corrected chi connectivity index (χ3v) is 2.56. The number of carboxylic acid groups (broad SMARTS) is 1. The molecule has 106 valence electrons. The second-order valence-electron chi connectivity index (χ2n) is 3.90. The molecule has 0 fully saturated rings. The Hall–Kier alpha value is -1.79. The van der Waals surface area contributed by atoms with Gasteiger partial charge in [0.05, 0.1) is 13.7 Å². The zero-order valence-electron chi connectivity index (χ0n) is 11.0. The zero-order valence-corrected chi connectivity index (χ0v) is 11.0. The van der Waals surface area contributed by atoms with E-state index in [1.165, 1.54) is 7.11 Å². The fourth-order valence-corrected chi connectivity index (χ4v) is 1.57. The van der Waals surface area contributed by atoms with Gasteiger partial charge in [-0.2, -0.15) is 0 Å². The van der Waals surface area contributed by atoms with Crippen molar-refractivity contribution in [3.05, 3.63) is 23.8 Å². The molecule has 0 aliphatic rings. The Kier molecular flexibility index (Phi) is 6.11. The highest BCUT2D eigenvalue weighted by atomic mass is 16.5. The molecule has 1 unspecified atom stereocenters. The van der Waals surface area contributed by atoms with Crippen LogP contribution in [0.1, 0.15) is 12.5 Å². The molecule has 0 amide bonds. The van der Waals surface area contributed by atoms with Gasteiger partial charge in [0, 0.05) is 0 Å². The number of aliphatic hydroxyl groups is 1. The van der Waals surface area contributed by atoms with Gasteiger partial charge < -0.3 is 25.0 Å². The van der Waals surface area contributed by atoms with Crippen molar-refractivity contribution in [3.8, 4) is 11.5 Å². The maximum absolute atomic E-state index is 11.0. The molecule has 1 aromatic carbocycles. The molecule has 0 radical (unpaired) electrons. The summed E-state index contributed by atoms with van der Waals surface area (Å²) in [5.74, 6) is -0.0520. The number of aliphatic hydroxyl groups excluding tert-OH is 1. The van der Waals surface area contributed by atoms with Crippen LogP contribution in [0.25, 0.3) is 0 Å². The molecule has 0 saturated carbocycles. The molecule has 19 heavy (non-hydrogen) atoms. The van der Waals surface area contributed by atoms with Crippen molar-refractivity contribution in [3.63, 3.8) is 0 Å². The molecule has 0 bridgehead atoms. The zero-order chi connectivity index (χ0) is 14.3. The molecule has 0 aliphatic heterocycles. The van der Waals surface area contributed by atoms with E-state index >= 15 is 0 Å². The summed E-state index contributed by atoms with van der Waals surface area (Å²) in [4.78, 5) is 11.0. The van der Waals surface area contributed by atoms with E-state index in [0.717, 1.165) is 0 Å². The monoisotopic (exact) mass is 269 g/mol. The lowest BCUT2D eigenvalue weighted by Crippen LogP contribution is -2.41. The topological polar surface area (TPSA) is 88.0 Å². The van der Waals surface area contributed by atoms with Crippen LogP contribution in [0.3, 0.4) is 0 Å². The fourth-order valence-electron chi connectivity index (χ4n) is 1.57. The number of methoxy groups -OCH3 is 1. The Labute approximate surface area is 112 Å². The first-order chi connectivity index (χ1) is 9.12. The van der Waals surface area contributed by atoms with Crippen LogP contribution in [-0.2, 0) is 11.4 Å². The van der Waals surface area contributed by atoms with E-state index in [0.29, 0.717) is 23.6 Å². The van der Waals surface area contributed by atoms with Crippen LogP contribution in [-0.4, -0.2) is 42.5 Å². The number of rotatable bonds is 8. The van der Waals surface area contributed by atoms with Crippen molar-refractivity contribution in [2.75, 3.05) is 20.3 Å². The predicted molar refractivity (Wildman–Crippen MR) is 69.5 cm³/mol. The lowest BCUT2D eigenvalue weighted by Gasteiger charge is -2.16. The smallest absolute Gasteiger partial charge is 0.324 e. The standard InChI is InChI=1S/C13H19NO5/c1-3-14-10(13(16)17)8-19-11-5-4-9(7-15)6-12(11)18-2/h4-6,10,14-15H,3,7-8H2,1-2H3,(H,16,17). The van der Waals surface area contributed by atoms with Crippen LogP contribution in [0.5, 0.6) is 11.5 Å². The predicted octanol–water partition coefficient (Wildman–Crippen LogP) is 0.629. The average molecular weight is 269 g/mol. The van der Waals surface area contributed by atoms with Crippen LogP contribution in [0.15, 0.2) is 18.2 Å². The van der Waals surface area contributed by atoms with Crippen LogP contribution in [0.4, 0.5) is 0 Å². The van der Waals surface area contributed by atoms with Gasteiger partial charge in [0.15, 0.2) is 11.5 Å². The number of nitrogens with one attached hydrogen (secondary N) is 1. The summed E-state index contributed by atoms with van der Waals surface area (Å²) in [5, 5.41) is 20.8. The minimum absolute atomic E-state index is 0.00198. The molecule has 0 spiro atoms. The Morgan fingerprint density at radius 2 is 2.16 bits per heavy atom. The van der Waals surface area contributed by atoms with E-state index in [4.69, 9.17) is 19.7 Å². The summed E-state index contributed by atoms with van der Waals surface area (Å²) in [6.45, 7) is 2.28. The quantitative estimate of drug-likeness (QED) is 0.641. The number of likely N-dealkylation sites (N-methyl/N-ethyl adjacent to an activating group) is 1. The van der Waals surface area contributed by atoms with E-state index in [9.17, 15) is 4.79 Å². The number of hydrogen-bond donors (Lipinski definition) is 3. The molecule has 3 N–H and O–H groups in total. The van der Waals surface area contributed by atoms with Crippen molar-refractivity contribution >= 4 is 5.97 Å². The van der Waals surface area contributed by atoms with E-state index in [1.54, 1.807) is 18.2 Å². The van der Waals surface area contributed by atoms with E-state index in [-0.39, 0.29) is 13.2 Å². The Balaban J connectivity index is 2.73. The number of carboxylic acids is 1. The number of aliphatic carboxylic acids is 1. The summed E-state index contributed by atoms with van der Waals surface area (Å²) in [6, 6.07) is 4.22. The minimum atomic E-state index is -0.965. The first kappa shape index (κ1) is 15.3. The molecular formula is C13H19NO5. The first-order valence-corrected chi connectivity index (χ1v) is 5.99. The third kappa shape index (κ3) is 4.42. The lowest BCUT2D eigenvalue weighted by molar-refractivity contribution is -0.140. The Bertz CT molecular complexity index is 421. The van der Waals surface area contributed by atoms with Gasteiger partial charge in [-0.3, -0.25) is 4.79 Å². The van der Waals surface area contributed by atoms with Gasteiger partial charge in [0.25, 0.3) is 0 Å². The van der Waals surface area contributed by atoms with Crippen LogP contribution in [0, 0.1) is 0 Å². The van der Waals surface area contributed by atoms with Gasteiger partial charge >= 0.3 is 5.97 Å². The summed E-state index contributed by atoms with van der Waals surface area (Å²) >= 11 is 0. The van der Waals surface area contributed by atoms with E-state index in [1.807, 2.05) is 6.92 Å². The highest BCUT2D eigenvalue weighted by Gasteiger charge is 2.17. The SMILES string of the molecule is CCNC(COc1ccc(CO)cc1OC)C(=O)O. The third-order valence-electron chi connectivity index (χ3n) is 2.56. The number of ether oxygens (including phenoxy) is 2. The Morgan fingerprint density at radius 1 is 1.42 bits per heavy atom. The van der Waals surface area contributed by atoms with Crippen molar-refractivity contribution in [2.45, 2.75) is 19.6 Å². The van der Waals surface area contributed by atoms with Crippen molar-refractivity contribution in [1.82, 2.24) is 5.32 Å². The largest absolute Gasteiger partial charge is 0.493 e. The van der Waals surface area contributed by atoms with E-state index in [2.05, 4.69) is 5.32 Å². The molecule has 1 rings (SSSR count). The maximum atomic E-state index is 11.0. The van der Waals surface area contributed by atoms with Gasteiger partial charge in [-0.25, -0.2) is 0 Å². The fraction of sp³-hybridized carbons (Fsp3) is 0.462. The normalized spacial score (nSPS) is 11.9. The molecule has 0 aromatic heterocycles. The molecule has 0 saturated heterocycles. The highest BCUT2D eigenvalue weighted by molar-refractivity contribution is 5.73. The highest BCUT2D eigenvalue weighted by Crippen LogP contribution is 2.28. The van der Waals surface area contributed by atoms with E-state index < -0.39 is 12.0 Å². The second kappa shape index (κ2) is 7.60. The lowest BCUT2D eigenvalue weighted by atomic mass is 10.2. The molecule has 6 nitrogen and oxygen atoms in total. The van der Waals surface area contributed by atoms with Crippen LogP contribution in [0.2, 0.25) is 0 Å². The van der Waals surface area contributed by atoms with Gasteiger partial charge in [-0.15, -0.1) is 0 Å². The van der Waals surface area contributed by atoms with Crippen molar-refractivity contribution < 1.29 is 24.5 Å². The van der Waals surface area contributed by atoms with Gasteiger partial charge in [-0.1, -0.05) is 13.0 Å². The van der Waals surface area contributed by atoms with Crippen LogP contribution >= 0.6 is 0 Å². The number of carbonyl (C=O) groups is 1. The van der Waals surface area contributed by atoms with Crippen LogP contribution < -0.4 is 14.8 Å². The summed E-state index contributed by atoms with van der Waals surface area (Å²) in [6.07, 6.45) is 0. The number of benzene rings is 1. The number of hydrogen-bond acceptors (Lipinski definition) is 5. The van der Waals surface area contributed by atoms with Crippen molar-refractivity contribution in [1.29, 1.82) is 0 Å². The average Bonchev–Trinajstić information content (AvgIpc) is 2.42. The van der Waals surface area contributed by atoms with Gasteiger partial charge in [0.2, 0.25) is 0 Å².